The second-order valence-electron chi connectivity index (χ2n) is 7.50. The molecule has 1 aliphatic heterocycles. The van der Waals surface area contributed by atoms with E-state index in [2.05, 4.69) is 10.0 Å². The van der Waals surface area contributed by atoms with Crippen LogP contribution in [0.5, 0.6) is 5.75 Å². The van der Waals surface area contributed by atoms with Crippen LogP contribution >= 0.6 is 0 Å². The highest BCUT2D eigenvalue weighted by Crippen LogP contribution is 2.31. The van der Waals surface area contributed by atoms with Gasteiger partial charge in [0.05, 0.1) is 10.6 Å². The topological polar surface area (TPSA) is 87.7 Å². The SMILES string of the molecule is O=S(=O)(Nc1ccc2c(c1)OC(CNCCCO)CC2)c1ccc2ccccc2c1. The van der Waals surface area contributed by atoms with Gasteiger partial charge in [-0.1, -0.05) is 36.4 Å². The molecule has 0 saturated heterocycles. The molecular weight excluding hydrogens is 400 g/mol. The van der Waals surface area contributed by atoms with Crippen LogP contribution < -0.4 is 14.8 Å². The summed E-state index contributed by atoms with van der Waals surface area (Å²) in [7, 11) is -3.71. The van der Waals surface area contributed by atoms with Gasteiger partial charge in [0.1, 0.15) is 11.9 Å². The molecule has 0 bridgehead atoms. The van der Waals surface area contributed by atoms with E-state index < -0.39 is 10.0 Å². The highest BCUT2D eigenvalue weighted by Gasteiger charge is 2.21. The Morgan fingerprint density at radius 2 is 1.87 bits per heavy atom. The van der Waals surface area contributed by atoms with Crippen molar-refractivity contribution in [2.75, 3.05) is 24.4 Å². The molecule has 0 spiro atoms. The van der Waals surface area contributed by atoms with Gasteiger partial charge in [-0.25, -0.2) is 8.42 Å². The fourth-order valence-electron chi connectivity index (χ4n) is 3.65. The van der Waals surface area contributed by atoms with Crippen LogP contribution in [0.3, 0.4) is 0 Å². The number of sulfonamides is 1. The predicted octanol–water partition coefficient (Wildman–Crippen LogP) is 3.31. The number of anilines is 1. The maximum Gasteiger partial charge on any atom is 0.261 e. The number of rotatable bonds is 8. The number of aliphatic hydroxyl groups is 1. The van der Waals surface area contributed by atoms with E-state index in [-0.39, 0.29) is 17.6 Å². The summed E-state index contributed by atoms with van der Waals surface area (Å²) in [5.41, 5.74) is 1.56. The largest absolute Gasteiger partial charge is 0.489 e. The van der Waals surface area contributed by atoms with Gasteiger partial charge in [0, 0.05) is 19.2 Å². The molecule has 0 aliphatic carbocycles. The smallest absolute Gasteiger partial charge is 0.261 e. The van der Waals surface area contributed by atoms with Crippen LogP contribution in [0.2, 0.25) is 0 Å². The Kier molecular flexibility index (Phi) is 6.22. The number of nitrogens with one attached hydrogen (secondary N) is 2. The Labute approximate surface area is 176 Å². The van der Waals surface area contributed by atoms with Crippen molar-refractivity contribution in [2.45, 2.75) is 30.3 Å². The third kappa shape index (κ3) is 4.75. The zero-order chi connectivity index (χ0) is 21.0. The first-order chi connectivity index (χ1) is 14.5. The van der Waals surface area contributed by atoms with Crippen molar-refractivity contribution in [3.63, 3.8) is 0 Å². The number of aliphatic hydroxyl groups excluding tert-OH is 1. The molecule has 4 rings (SSSR count). The Morgan fingerprint density at radius 1 is 1.03 bits per heavy atom. The summed E-state index contributed by atoms with van der Waals surface area (Å²) in [6, 6.07) is 18.2. The lowest BCUT2D eigenvalue weighted by atomic mass is 10.0. The molecule has 0 fully saturated rings. The van der Waals surface area contributed by atoms with Crippen molar-refractivity contribution in [2.24, 2.45) is 0 Å². The van der Waals surface area contributed by atoms with Crippen molar-refractivity contribution >= 4 is 26.5 Å². The molecule has 1 aliphatic rings. The number of benzene rings is 3. The minimum atomic E-state index is -3.71. The molecule has 0 amide bonds. The summed E-state index contributed by atoms with van der Waals surface area (Å²) < 4.78 is 34.5. The van der Waals surface area contributed by atoms with Gasteiger partial charge in [-0.2, -0.15) is 0 Å². The molecule has 30 heavy (non-hydrogen) atoms. The minimum Gasteiger partial charge on any atom is -0.489 e. The van der Waals surface area contributed by atoms with E-state index in [0.717, 1.165) is 35.7 Å². The minimum absolute atomic E-state index is 0.0311. The Hall–Kier alpha value is -2.61. The summed E-state index contributed by atoms with van der Waals surface area (Å²) in [5.74, 6) is 0.717. The maximum absolute atomic E-state index is 12.9. The van der Waals surface area contributed by atoms with Crippen molar-refractivity contribution in [3.8, 4) is 5.75 Å². The van der Waals surface area contributed by atoms with E-state index in [1.807, 2.05) is 36.4 Å². The van der Waals surface area contributed by atoms with E-state index in [0.29, 0.717) is 24.4 Å². The van der Waals surface area contributed by atoms with E-state index >= 15 is 0 Å². The Morgan fingerprint density at radius 3 is 2.70 bits per heavy atom. The van der Waals surface area contributed by atoms with Crippen molar-refractivity contribution in [1.29, 1.82) is 0 Å². The average molecular weight is 427 g/mol. The first kappa shape index (κ1) is 20.7. The standard InChI is InChI=1S/C23H26N2O4S/c26-13-3-12-24-16-21-10-7-18-6-9-20(15-23(18)29-21)25-30(27,28)22-11-8-17-4-1-2-5-19(17)14-22/h1-2,4-6,8-9,11,14-15,21,24-26H,3,7,10,12-13,16H2. The lowest BCUT2D eigenvalue weighted by molar-refractivity contribution is 0.169. The Bertz CT molecular complexity index is 1130. The second-order valence-corrected chi connectivity index (χ2v) is 9.18. The van der Waals surface area contributed by atoms with Gasteiger partial charge < -0.3 is 15.2 Å². The third-order valence-electron chi connectivity index (χ3n) is 5.26. The molecule has 3 N–H and O–H groups in total. The molecule has 0 radical (unpaired) electrons. The highest BCUT2D eigenvalue weighted by molar-refractivity contribution is 7.92. The number of fused-ring (bicyclic) bond motifs is 2. The van der Waals surface area contributed by atoms with Gasteiger partial charge >= 0.3 is 0 Å². The molecule has 1 unspecified atom stereocenters. The predicted molar refractivity (Wildman–Crippen MR) is 119 cm³/mol. The highest BCUT2D eigenvalue weighted by atomic mass is 32.2. The normalized spacial score (nSPS) is 16.1. The van der Waals surface area contributed by atoms with Crippen LogP contribution in [-0.2, 0) is 16.4 Å². The molecule has 7 heteroatoms. The van der Waals surface area contributed by atoms with Crippen LogP contribution in [0.25, 0.3) is 10.8 Å². The van der Waals surface area contributed by atoms with E-state index in [1.54, 1.807) is 24.3 Å². The first-order valence-electron chi connectivity index (χ1n) is 10.2. The first-order valence-corrected chi connectivity index (χ1v) is 11.7. The summed E-state index contributed by atoms with van der Waals surface area (Å²) in [4.78, 5) is 0.228. The van der Waals surface area contributed by atoms with Crippen molar-refractivity contribution < 1.29 is 18.3 Å². The lowest BCUT2D eigenvalue weighted by Gasteiger charge is -2.27. The van der Waals surface area contributed by atoms with Gasteiger partial charge in [0.2, 0.25) is 0 Å². The molecular formula is C23H26N2O4S. The summed E-state index contributed by atoms with van der Waals surface area (Å²) in [5, 5.41) is 14.0. The second kappa shape index (κ2) is 9.04. The van der Waals surface area contributed by atoms with Crippen LogP contribution in [0.4, 0.5) is 5.69 Å². The van der Waals surface area contributed by atoms with Crippen LogP contribution in [-0.4, -0.2) is 39.3 Å². The van der Waals surface area contributed by atoms with Gasteiger partial charge in [-0.3, -0.25) is 4.72 Å². The average Bonchev–Trinajstić information content (AvgIpc) is 2.76. The molecule has 3 aromatic rings. The molecule has 1 atom stereocenters. The summed E-state index contributed by atoms with van der Waals surface area (Å²) in [6.07, 6.45) is 2.54. The quantitative estimate of drug-likeness (QED) is 0.481. The molecule has 3 aromatic carbocycles. The zero-order valence-corrected chi connectivity index (χ0v) is 17.5. The Balaban J connectivity index is 1.48. The van der Waals surface area contributed by atoms with Gasteiger partial charge in [0.15, 0.2) is 0 Å². The van der Waals surface area contributed by atoms with Gasteiger partial charge in [0.25, 0.3) is 10.0 Å². The fourth-order valence-corrected chi connectivity index (χ4v) is 4.73. The van der Waals surface area contributed by atoms with E-state index in [4.69, 9.17) is 9.84 Å². The van der Waals surface area contributed by atoms with Gasteiger partial charge in [-0.05, 0) is 60.3 Å². The van der Waals surface area contributed by atoms with E-state index in [9.17, 15) is 8.42 Å². The molecule has 0 aromatic heterocycles. The molecule has 0 saturated carbocycles. The van der Waals surface area contributed by atoms with Crippen LogP contribution in [0.1, 0.15) is 18.4 Å². The van der Waals surface area contributed by atoms with Crippen LogP contribution in [0, 0.1) is 0 Å². The fraction of sp³-hybridized carbons (Fsp3) is 0.304. The number of hydrogen-bond donors (Lipinski definition) is 3. The number of hydrogen-bond acceptors (Lipinski definition) is 5. The monoisotopic (exact) mass is 426 g/mol. The number of aryl methyl sites for hydroxylation is 1. The van der Waals surface area contributed by atoms with Crippen molar-refractivity contribution in [1.82, 2.24) is 5.32 Å². The summed E-state index contributed by atoms with van der Waals surface area (Å²) >= 11 is 0. The van der Waals surface area contributed by atoms with E-state index in [1.165, 1.54) is 0 Å². The summed E-state index contributed by atoms with van der Waals surface area (Å²) in [6.45, 7) is 1.61. The molecule has 158 valence electrons. The van der Waals surface area contributed by atoms with Crippen molar-refractivity contribution in [3.05, 3.63) is 66.2 Å². The number of ether oxygens (including phenoxy) is 1. The van der Waals surface area contributed by atoms with Gasteiger partial charge in [-0.15, -0.1) is 0 Å². The molecule has 1 heterocycles. The third-order valence-corrected chi connectivity index (χ3v) is 6.64. The molecule has 6 nitrogen and oxygen atoms in total. The van der Waals surface area contributed by atoms with Crippen LogP contribution in [0.15, 0.2) is 65.6 Å². The maximum atomic E-state index is 12.9. The lowest BCUT2D eigenvalue weighted by Crippen LogP contribution is -2.34. The zero-order valence-electron chi connectivity index (χ0n) is 16.7.